The van der Waals surface area contributed by atoms with Crippen molar-refractivity contribution in [1.82, 2.24) is 0 Å². The van der Waals surface area contributed by atoms with E-state index in [0.29, 0.717) is 0 Å². The molecule has 0 radical (unpaired) electrons. The smallest absolute Gasteiger partial charge is 0.344 e. The first-order valence-corrected chi connectivity index (χ1v) is 6.29. The van der Waals surface area contributed by atoms with Gasteiger partial charge in [0, 0.05) is 0 Å². The molecule has 2 aromatic carbocycles. The van der Waals surface area contributed by atoms with E-state index in [4.69, 9.17) is 9.47 Å². The fourth-order valence-electron chi connectivity index (χ4n) is 1.85. The second-order valence-corrected chi connectivity index (χ2v) is 4.22. The molecule has 5 heteroatoms. The Balaban J connectivity index is 2.26. The zero-order chi connectivity index (χ0) is 15.2. The molecule has 2 aromatic rings. The first kappa shape index (κ1) is 14.8. The normalized spacial score (nSPS) is 10.0. The summed E-state index contributed by atoms with van der Waals surface area (Å²) in [6, 6.07) is 12.2. The fraction of sp³-hybridized carbons (Fsp3) is 0.188. The summed E-state index contributed by atoms with van der Waals surface area (Å²) in [5.74, 6) is -1.53. The molecule has 0 fully saturated rings. The number of carbonyl (C=O) groups excluding carboxylic acids is 1. The molecule has 0 aromatic heterocycles. The van der Waals surface area contributed by atoms with E-state index in [9.17, 15) is 9.18 Å². The van der Waals surface area contributed by atoms with Gasteiger partial charge in [0.05, 0.1) is 14.2 Å². The average Bonchev–Trinajstić information content (AvgIpc) is 2.53. The Hall–Kier alpha value is -2.56. The lowest BCUT2D eigenvalue weighted by Gasteiger charge is -2.12. The van der Waals surface area contributed by atoms with Crippen LogP contribution in [-0.4, -0.2) is 20.2 Å². The summed E-state index contributed by atoms with van der Waals surface area (Å²) >= 11 is 0. The van der Waals surface area contributed by atoms with Crippen molar-refractivity contribution < 1.29 is 23.4 Å². The Labute approximate surface area is 122 Å². The van der Waals surface area contributed by atoms with Crippen LogP contribution in [0.1, 0.15) is 15.9 Å². The van der Waals surface area contributed by atoms with Crippen LogP contribution in [0.15, 0.2) is 42.5 Å². The van der Waals surface area contributed by atoms with Gasteiger partial charge in [-0.05, 0) is 17.7 Å². The van der Waals surface area contributed by atoms with Gasteiger partial charge in [-0.2, -0.15) is 0 Å². The van der Waals surface area contributed by atoms with Crippen molar-refractivity contribution in [3.63, 3.8) is 0 Å². The molecular formula is C16H15FO4. The second kappa shape index (κ2) is 6.74. The Morgan fingerprint density at radius 2 is 1.71 bits per heavy atom. The predicted molar refractivity (Wildman–Crippen MR) is 75.1 cm³/mol. The number of hydrogen-bond acceptors (Lipinski definition) is 4. The number of halogens is 1. The molecule has 0 unspecified atom stereocenters. The minimum Gasteiger partial charge on any atom is -0.496 e. The van der Waals surface area contributed by atoms with E-state index in [1.54, 1.807) is 0 Å². The second-order valence-electron chi connectivity index (χ2n) is 4.22. The number of benzene rings is 2. The molecule has 0 amide bonds. The maximum absolute atomic E-state index is 14.4. The topological polar surface area (TPSA) is 44.8 Å². The molecule has 0 bridgehead atoms. The van der Waals surface area contributed by atoms with Gasteiger partial charge >= 0.3 is 5.97 Å². The lowest BCUT2D eigenvalue weighted by Crippen LogP contribution is -2.09. The number of esters is 1. The molecule has 0 saturated carbocycles. The number of carbonyl (C=O) groups is 1. The van der Waals surface area contributed by atoms with Gasteiger partial charge in [0.25, 0.3) is 0 Å². The van der Waals surface area contributed by atoms with E-state index < -0.39 is 11.8 Å². The maximum Gasteiger partial charge on any atom is 0.344 e. The minimum absolute atomic E-state index is 0.0277. The highest BCUT2D eigenvalue weighted by Crippen LogP contribution is 2.30. The quantitative estimate of drug-likeness (QED) is 0.793. The van der Waals surface area contributed by atoms with Gasteiger partial charge in [-0.25, -0.2) is 9.18 Å². The Bertz CT molecular complexity index is 626. The van der Waals surface area contributed by atoms with Crippen molar-refractivity contribution >= 4 is 5.97 Å². The molecule has 0 N–H and O–H groups in total. The summed E-state index contributed by atoms with van der Waals surface area (Å²) < 4.78 is 29.3. The van der Waals surface area contributed by atoms with Crippen molar-refractivity contribution in [3.8, 4) is 11.5 Å². The molecule has 2 rings (SSSR count). The molecule has 0 heterocycles. The highest BCUT2D eigenvalue weighted by molar-refractivity contribution is 5.93. The zero-order valence-electron chi connectivity index (χ0n) is 11.8. The van der Waals surface area contributed by atoms with Gasteiger partial charge in [-0.1, -0.05) is 30.3 Å². The van der Waals surface area contributed by atoms with E-state index >= 15 is 0 Å². The van der Waals surface area contributed by atoms with Crippen molar-refractivity contribution in [3.05, 3.63) is 59.4 Å². The van der Waals surface area contributed by atoms with Gasteiger partial charge in [0.1, 0.15) is 17.9 Å². The van der Waals surface area contributed by atoms with Gasteiger partial charge in [0.15, 0.2) is 11.6 Å². The molecule has 4 nitrogen and oxygen atoms in total. The van der Waals surface area contributed by atoms with Crippen LogP contribution in [0.4, 0.5) is 4.39 Å². The molecule has 0 saturated heterocycles. The number of rotatable bonds is 5. The molecule has 0 aliphatic carbocycles. The Kier molecular flexibility index (Phi) is 4.77. The summed E-state index contributed by atoms with van der Waals surface area (Å²) in [6.45, 7) is 0.199. The van der Waals surface area contributed by atoms with E-state index in [0.717, 1.165) is 5.56 Å². The van der Waals surface area contributed by atoms with Gasteiger partial charge in [-0.15, -0.1) is 0 Å². The molecule has 0 atom stereocenters. The highest BCUT2D eigenvalue weighted by atomic mass is 19.1. The minimum atomic E-state index is -0.811. The van der Waals surface area contributed by atoms with Crippen LogP contribution in [0.5, 0.6) is 11.5 Å². The van der Waals surface area contributed by atoms with Gasteiger partial charge in [-0.3, -0.25) is 0 Å². The molecule has 110 valence electrons. The number of methoxy groups -OCH3 is 2. The number of hydrogen-bond donors (Lipinski definition) is 0. The van der Waals surface area contributed by atoms with E-state index in [1.807, 2.05) is 30.3 Å². The van der Waals surface area contributed by atoms with E-state index in [2.05, 4.69) is 4.74 Å². The van der Waals surface area contributed by atoms with Crippen molar-refractivity contribution in [2.24, 2.45) is 0 Å². The Morgan fingerprint density at radius 3 is 2.33 bits per heavy atom. The molecular weight excluding hydrogens is 275 g/mol. The summed E-state index contributed by atoms with van der Waals surface area (Å²) in [7, 11) is 2.53. The van der Waals surface area contributed by atoms with E-state index in [1.165, 1.54) is 26.4 Å². The first-order chi connectivity index (χ1) is 10.2. The van der Waals surface area contributed by atoms with Crippen LogP contribution in [0.2, 0.25) is 0 Å². The van der Waals surface area contributed by atoms with Crippen molar-refractivity contribution in [1.29, 1.82) is 0 Å². The lowest BCUT2D eigenvalue weighted by atomic mass is 10.1. The van der Waals surface area contributed by atoms with Crippen LogP contribution < -0.4 is 9.47 Å². The predicted octanol–water partition coefficient (Wildman–Crippen LogP) is 3.20. The zero-order valence-corrected chi connectivity index (χ0v) is 11.8. The van der Waals surface area contributed by atoms with Gasteiger partial charge < -0.3 is 14.2 Å². The van der Waals surface area contributed by atoms with Crippen LogP contribution >= 0.6 is 0 Å². The Morgan fingerprint density at radius 1 is 1.05 bits per heavy atom. The first-order valence-electron chi connectivity index (χ1n) is 6.29. The number of ether oxygens (including phenoxy) is 3. The summed E-state index contributed by atoms with van der Waals surface area (Å²) in [6.07, 6.45) is 0. The SMILES string of the molecule is COC(=O)c1c(OC)ccc(OCc2ccccc2)c1F. The van der Waals surface area contributed by atoms with Crippen molar-refractivity contribution in [2.45, 2.75) is 6.61 Å². The summed E-state index contributed by atoms with van der Waals surface area (Å²) in [5, 5.41) is 0. The third-order valence-corrected chi connectivity index (χ3v) is 2.91. The van der Waals surface area contributed by atoms with Gasteiger partial charge in [0.2, 0.25) is 0 Å². The fourth-order valence-corrected chi connectivity index (χ4v) is 1.85. The lowest BCUT2D eigenvalue weighted by molar-refractivity contribution is 0.0590. The van der Waals surface area contributed by atoms with Crippen LogP contribution in [0, 0.1) is 5.82 Å². The molecule has 0 aliphatic heterocycles. The third kappa shape index (κ3) is 3.31. The van der Waals surface area contributed by atoms with Crippen molar-refractivity contribution in [2.75, 3.05) is 14.2 Å². The average molecular weight is 290 g/mol. The largest absolute Gasteiger partial charge is 0.496 e. The highest BCUT2D eigenvalue weighted by Gasteiger charge is 2.22. The molecule has 0 spiro atoms. The van der Waals surface area contributed by atoms with E-state index in [-0.39, 0.29) is 23.7 Å². The summed E-state index contributed by atoms with van der Waals surface area (Å²) in [5.41, 5.74) is 0.623. The molecule has 21 heavy (non-hydrogen) atoms. The maximum atomic E-state index is 14.4. The van der Waals surface area contributed by atoms with Crippen LogP contribution in [-0.2, 0) is 11.3 Å². The third-order valence-electron chi connectivity index (χ3n) is 2.91. The van der Waals surface area contributed by atoms with Crippen LogP contribution in [0.25, 0.3) is 0 Å². The monoisotopic (exact) mass is 290 g/mol. The standard InChI is InChI=1S/C16H15FO4/c1-19-12-8-9-13(15(17)14(12)16(18)20-2)21-10-11-6-4-3-5-7-11/h3-9H,10H2,1-2H3. The summed E-state index contributed by atoms with van der Waals surface area (Å²) in [4.78, 5) is 11.6. The molecule has 0 aliphatic rings. The van der Waals surface area contributed by atoms with Crippen LogP contribution in [0.3, 0.4) is 0 Å².